The molecule has 0 aromatic heterocycles. The van der Waals surface area contributed by atoms with E-state index < -0.39 is 23.4 Å². The number of nitrogens with one attached hydrogen (secondary N) is 1. The fourth-order valence-electron chi connectivity index (χ4n) is 1.96. The fourth-order valence-corrected chi connectivity index (χ4v) is 2.33. The van der Waals surface area contributed by atoms with Gasteiger partial charge in [-0.25, -0.2) is 4.79 Å². The first-order valence-corrected chi connectivity index (χ1v) is 7.71. The van der Waals surface area contributed by atoms with Crippen LogP contribution in [0.2, 0.25) is 10.0 Å². The lowest BCUT2D eigenvalue weighted by molar-refractivity contribution is -0.384. The van der Waals surface area contributed by atoms with Crippen LogP contribution in [0.4, 0.5) is 11.4 Å². The van der Waals surface area contributed by atoms with Crippen molar-refractivity contribution in [2.24, 2.45) is 0 Å². The van der Waals surface area contributed by atoms with Crippen LogP contribution >= 0.6 is 23.2 Å². The van der Waals surface area contributed by atoms with E-state index in [0.29, 0.717) is 5.56 Å². The molecular weight excluding hydrogens is 371 g/mol. The van der Waals surface area contributed by atoms with Gasteiger partial charge in [0.25, 0.3) is 11.6 Å². The molecule has 2 aromatic rings. The number of carbonyl (C=O) groups excluding carboxylic acids is 2. The lowest BCUT2D eigenvalue weighted by atomic mass is 10.2. The molecule has 0 fully saturated rings. The van der Waals surface area contributed by atoms with E-state index in [0.717, 1.165) is 0 Å². The number of nitro benzene ring substituents is 1. The quantitative estimate of drug-likeness (QED) is 0.478. The Hall–Kier alpha value is -2.64. The smallest absolute Gasteiger partial charge is 0.340 e. The number of nitrogens with zero attached hydrogens (tertiary/aromatic N) is 1. The summed E-state index contributed by atoms with van der Waals surface area (Å²) in [5.74, 6) is -1.56. The van der Waals surface area contributed by atoms with Crippen molar-refractivity contribution >= 4 is 46.5 Å². The van der Waals surface area contributed by atoms with Gasteiger partial charge in [-0.05, 0) is 30.7 Å². The van der Waals surface area contributed by atoms with E-state index in [2.05, 4.69) is 5.32 Å². The van der Waals surface area contributed by atoms with Crippen molar-refractivity contribution in [3.63, 3.8) is 0 Å². The van der Waals surface area contributed by atoms with Gasteiger partial charge in [0.2, 0.25) is 0 Å². The van der Waals surface area contributed by atoms with Gasteiger partial charge in [-0.1, -0.05) is 35.3 Å². The second-order valence-corrected chi connectivity index (χ2v) is 5.79. The lowest BCUT2D eigenvalue weighted by Crippen LogP contribution is -2.21. The molecule has 0 heterocycles. The Morgan fingerprint density at radius 2 is 1.96 bits per heavy atom. The molecular formula is C16H12Cl2N2O5. The molecule has 0 aliphatic rings. The SMILES string of the molecule is Cc1ccc(NC(=O)COC(=O)c2cccc(Cl)c2Cl)c([N+](=O)[O-])c1. The van der Waals surface area contributed by atoms with Crippen LogP contribution in [0.1, 0.15) is 15.9 Å². The average Bonchev–Trinajstić information content (AvgIpc) is 2.56. The molecule has 0 aliphatic heterocycles. The summed E-state index contributed by atoms with van der Waals surface area (Å²) in [7, 11) is 0. The monoisotopic (exact) mass is 382 g/mol. The van der Waals surface area contributed by atoms with Crippen LogP contribution in [-0.4, -0.2) is 23.4 Å². The molecule has 0 radical (unpaired) electrons. The number of hydrogen-bond acceptors (Lipinski definition) is 5. The summed E-state index contributed by atoms with van der Waals surface area (Å²) in [5, 5.41) is 13.5. The minimum atomic E-state index is -0.832. The van der Waals surface area contributed by atoms with Gasteiger partial charge in [0.1, 0.15) is 5.69 Å². The lowest BCUT2D eigenvalue weighted by Gasteiger charge is -2.08. The van der Waals surface area contributed by atoms with Crippen LogP contribution in [0.25, 0.3) is 0 Å². The van der Waals surface area contributed by atoms with E-state index >= 15 is 0 Å². The second kappa shape index (κ2) is 7.96. The van der Waals surface area contributed by atoms with Crippen molar-refractivity contribution in [1.82, 2.24) is 0 Å². The molecule has 2 aromatic carbocycles. The van der Waals surface area contributed by atoms with E-state index in [-0.39, 0.29) is 27.0 Å². The highest BCUT2D eigenvalue weighted by atomic mass is 35.5. The first-order valence-electron chi connectivity index (χ1n) is 6.95. The van der Waals surface area contributed by atoms with Crippen molar-refractivity contribution in [3.8, 4) is 0 Å². The van der Waals surface area contributed by atoms with Gasteiger partial charge < -0.3 is 10.1 Å². The van der Waals surface area contributed by atoms with Crippen LogP contribution in [0.5, 0.6) is 0 Å². The standard InChI is InChI=1S/C16H12Cl2N2O5/c1-9-5-6-12(13(7-9)20(23)24)19-14(21)8-25-16(22)10-3-2-4-11(17)15(10)18/h2-7H,8H2,1H3,(H,19,21). The van der Waals surface area contributed by atoms with E-state index in [9.17, 15) is 19.7 Å². The van der Waals surface area contributed by atoms with Gasteiger partial charge in [0.15, 0.2) is 6.61 Å². The molecule has 0 bridgehead atoms. The zero-order chi connectivity index (χ0) is 18.6. The first kappa shape index (κ1) is 18.7. The Morgan fingerprint density at radius 3 is 2.64 bits per heavy atom. The number of carbonyl (C=O) groups is 2. The van der Waals surface area contributed by atoms with Gasteiger partial charge in [0.05, 0.1) is 20.5 Å². The molecule has 0 spiro atoms. The topological polar surface area (TPSA) is 98.5 Å². The predicted molar refractivity (Wildman–Crippen MR) is 93.2 cm³/mol. The number of rotatable bonds is 5. The zero-order valence-corrected chi connectivity index (χ0v) is 14.4. The molecule has 0 saturated heterocycles. The van der Waals surface area contributed by atoms with Crippen molar-refractivity contribution in [3.05, 3.63) is 67.7 Å². The number of hydrogen-bond donors (Lipinski definition) is 1. The summed E-state index contributed by atoms with van der Waals surface area (Å²) in [6.45, 7) is 1.06. The van der Waals surface area contributed by atoms with Gasteiger partial charge in [-0.2, -0.15) is 0 Å². The molecule has 1 amide bonds. The number of halogens is 2. The predicted octanol–water partition coefficient (Wildman–Crippen LogP) is 4.01. The van der Waals surface area contributed by atoms with Crippen LogP contribution < -0.4 is 5.32 Å². The number of ether oxygens (including phenoxy) is 1. The molecule has 0 atom stereocenters. The number of anilines is 1. The minimum Gasteiger partial charge on any atom is -0.452 e. The molecule has 9 heteroatoms. The number of nitro groups is 1. The summed E-state index contributed by atoms with van der Waals surface area (Å²) in [5.41, 5.74) is 0.449. The van der Waals surface area contributed by atoms with Crippen molar-refractivity contribution in [2.45, 2.75) is 6.92 Å². The molecule has 0 saturated carbocycles. The Balaban J connectivity index is 2.03. The first-order chi connectivity index (χ1) is 11.8. The molecule has 25 heavy (non-hydrogen) atoms. The van der Waals surface area contributed by atoms with Gasteiger partial charge in [-0.3, -0.25) is 14.9 Å². The van der Waals surface area contributed by atoms with E-state index in [1.165, 1.54) is 30.3 Å². The highest BCUT2D eigenvalue weighted by Gasteiger charge is 2.18. The van der Waals surface area contributed by atoms with Crippen molar-refractivity contribution in [1.29, 1.82) is 0 Å². The number of aryl methyl sites for hydroxylation is 1. The Bertz CT molecular complexity index is 854. The number of benzene rings is 2. The Morgan fingerprint density at radius 1 is 1.24 bits per heavy atom. The molecule has 7 nitrogen and oxygen atoms in total. The third kappa shape index (κ3) is 4.68. The number of amides is 1. The van der Waals surface area contributed by atoms with Crippen LogP contribution in [-0.2, 0) is 9.53 Å². The van der Waals surface area contributed by atoms with Gasteiger partial charge in [-0.15, -0.1) is 0 Å². The Labute approximate surface area is 152 Å². The van der Waals surface area contributed by atoms with Crippen LogP contribution in [0.15, 0.2) is 36.4 Å². The summed E-state index contributed by atoms with van der Waals surface area (Å²) in [4.78, 5) is 34.2. The summed E-state index contributed by atoms with van der Waals surface area (Å²) in [6.07, 6.45) is 0. The van der Waals surface area contributed by atoms with E-state index in [1.807, 2.05) is 0 Å². The highest BCUT2D eigenvalue weighted by Crippen LogP contribution is 2.27. The summed E-state index contributed by atoms with van der Waals surface area (Å²) >= 11 is 11.7. The van der Waals surface area contributed by atoms with E-state index in [4.69, 9.17) is 27.9 Å². The highest BCUT2D eigenvalue weighted by molar-refractivity contribution is 6.43. The Kier molecular flexibility index (Phi) is 5.95. The van der Waals surface area contributed by atoms with Crippen molar-refractivity contribution < 1.29 is 19.2 Å². The van der Waals surface area contributed by atoms with Gasteiger partial charge >= 0.3 is 5.97 Å². The van der Waals surface area contributed by atoms with Crippen LogP contribution in [0, 0.1) is 17.0 Å². The third-order valence-corrected chi connectivity index (χ3v) is 3.95. The summed E-state index contributed by atoms with van der Waals surface area (Å²) in [6, 6.07) is 8.76. The third-order valence-electron chi connectivity index (χ3n) is 3.13. The molecule has 0 unspecified atom stereocenters. The maximum Gasteiger partial charge on any atom is 0.340 e. The molecule has 130 valence electrons. The summed E-state index contributed by atoms with van der Waals surface area (Å²) < 4.78 is 4.86. The fraction of sp³-hybridized carbons (Fsp3) is 0.125. The maximum atomic E-state index is 11.9. The zero-order valence-electron chi connectivity index (χ0n) is 12.9. The average molecular weight is 383 g/mol. The second-order valence-electron chi connectivity index (χ2n) is 5.00. The largest absolute Gasteiger partial charge is 0.452 e. The van der Waals surface area contributed by atoms with Crippen molar-refractivity contribution in [2.75, 3.05) is 11.9 Å². The number of esters is 1. The maximum absolute atomic E-state index is 11.9. The minimum absolute atomic E-state index is 0.0115. The molecule has 1 N–H and O–H groups in total. The van der Waals surface area contributed by atoms with Gasteiger partial charge in [0, 0.05) is 6.07 Å². The molecule has 0 aliphatic carbocycles. The molecule has 2 rings (SSSR count). The van der Waals surface area contributed by atoms with Crippen LogP contribution in [0.3, 0.4) is 0 Å². The van der Waals surface area contributed by atoms with E-state index in [1.54, 1.807) is 13.0 Å². The normalized spacial score (nSPS) is 10.2.